The number of rotatable bonds is 8. The molecule has 1 unspecified atom stereocenters. The Hall–Kier alpha value is -3.75. The van der Waals surface area contributed by atoms with Gasteiger partial charge in [0.25, 0.3) is 11.6 Å². The quantitative estimate of drug-likeness (QED) is 0.408. The van der Waals surface area contributed by atoms with E-state index in [1.807, 2.05) is 0 Å². The molecule has 0 aliphatic rings. The number of nitro benzene ring substituents is 1. The van der Waals surface area contributed by atoms with Crippen LogP contribution in [0.2, 0.25) is 0 Å². The second-order valence-electron chi connectivity index (χ2n) is 5.90. The summed E-state index contributed by atoms with van der Waals surface area (Å²) in [5.74, 6) is -0.0869. The molecular weight excluding hydrogens is 364 g/mol. The monoisotopic (exact) mass is 384 g/mol. The maximum absolute atomic E-state index is 12.0. The summed E-state index contributed by atoms with van der Waals surface area (Å²) in [5.41, 5.74) is 3.66. The van der Waals surface area contributed by atoms with Crippen LogP contribution in [0.15, 0.2) is 53.6 Å². The molecule has 2 N–H and O–H groups in total. The van der Waals surface area contributed by atoms with Crippen molar-refractivity contribution in [3.8, 4) is 5.75 Å². The van der Waals surface area contributed by atoms with E-state index in [1.165, 1.54) is 30.5 Å². The summed E-state index contributed by atoms with van der Waals surface area (Å²) >= 11 is 0. The third kappa shape index (κ3) is 6.20. The molecule has 0 aliphatic carbocycles. The summed E-state index contributed by atoms with van der Waals surface area (Å²) in [6, 6.07) is 12.0. The Morgan fingerprint density at radius 1 is 1.18 bits per heavy atom. The second-order valence-corrected chi connectivity index (χ2v) is 5.90. The number of carbonyl (C=O) groups is 2. The lowest BCUT2D eigenvalue weighted by molar-refractivity contribution is -0.384. The zero-order valence-electron chi connectivity index (χ0n) is 15.4. The molecule has 0 bridgehead atoms. The number of carbonyl (C=O) groups excluding carboxylic acids is 2. The zero-order chi connectivity index (χ0) is 20.5. The van der Waals surface area contributed by atoms with Gasteiger partial charge in [0.2, 0.25) is 5.91 Å². The minimum absolute atomic E-state index is 0.0330. The van der Waals surface area contributed by atoms with Crippen LogP contribution in [0.4, 0.5) is 5.69 Å². The van der Waals surface area contributed by atoms with Gasteiger partial charge >= 0.3 is 0 Å². The molecule has 0 saturated carbocycles. The summed E-state index contributed by atoms with van der Waals surface area (Å²) in [6.45, 7) is 1.54. The fourth-order valence-electron chi connectivity index (χ4n) is 2.24. The van der Waals surface area contributed by atoms with Crippen LogP contribution in [0, 0.1) is 10.1 Å². The molecule has 0 radical (unpaired) electrons. The molecule has 2 aromatic rings. The zero-order valence-corrected chi connectivity index (χ0v) is 15.4. The SMILES string of the molecule is COc1ccc(CC(=O)NC(C)C(=O)NN=Cc2ccc([N+](=O)[O-])cc2)cc1. The van der Waals surface area contributed by atoms with Crippen molar-refractivity contribution < 1.29 is 19.2 Å². The topological polar surface area (TPSA) is 123 Å². The number of non-ortho nitro benzene ring substituents is 1. The Labute approximate surface area is 161 Å². The van der Waals surface area contributed by atoms with E-state index in [0.717, 1.165) is 5.56 Å². The summed E-state index contributed by atoms with van der Waals surface area (Å²) in [7, 11) is 1.56. The number of methoxy groups -OCH3 is 1. The van der Waals surface area contributed by atoms with E-state index in [9.17, 15) is 19.7 Å². The summed E-state index contributed by atoms with van der Waals surface area (Å²) in [5, 5.41) is 17.0. The van der Waals surface area contributed by atoms with E-state index in [-0.39, 0.29) is 18.0 Å². The fraction of sp³-hybridized carbons (Fsp3) is 0.211. The van der Waals surface area contributed by atoms with Crippen LogP contribution in [0.5, 0.6) is 5.75 Å². The minimum Gasteiger partial charge on any atom is -0.497 e. The third-order valence-corrected chi connectivity index (χ3v) is 3.79. The third-order valence-electron chi connectivity index (χ3n) is 3.79. The van der Waals surface area contributed by atoms with E-state index in [4.69, 9.17) is 4.74 Å². The lowest BCUT2D eigenvalue weighted by atomic mass is 10.1. The van der Waals surface area contributed by atoms with Gasteiger partial charge < -0.3 is 10.1 Å². The molecule has 0 aromatic heterocycles. The van der Waals surface area contributed by atoms with Crippen molar-refractivity contribution in [1.29, 1.82) is 0 Å². The minimum atomic E-state index is -0.778. The first-order valence-electron chi connectivity index (χ1n) is 8.38. The average molecular weight is 384 g/mol. The molecule has 0 saturated heterocycles. The number of benzene rings is 2. The molecule has 9 heteroatoms. The summed E-state index contributed by atoms with van der Waals surface area (Å²) in [6.07, 6.45) is 1.49. The van der Waals surface area contributed by atoms with Crippen LogP contribution in [-0.2, 0) is 16.0 Å². The second kappa shape index (κ2) is 9.81. The number of amides is 2. The van der Waals surface area contributed by atoms with Crippen molar-refractivity contribution in [3.05, 3.63) is 69.8 Å². The van der Waals surface area contributed by atoms with Crippen LogP contribution in [-0.4, -0.2) is 36.1 Å². The number of hydrogen-bond donors (Lipinski definition) is 2. The van der Waals surface area contributed by atoms with Crippen LogP contribution >= 0.6 is 0 Å². The van der Waals surface area contributed by atoms with E-state index in [1.54, 1.807) is 38.3 Å². The van der Waals surface area contributed by atoms with Gasteiger partial charge in [-0.3, -0.25) is 19.7 Å². The van der Waals surface area contributed by atoms with Crippen LogP contribution in [0.3, 0.4) is 0 Å². The van der Waals surface area contributed by atoms with Gasteiger partial charge in [-0.15, -0.1) is 0 Å². The van der Waals surface area contributed by atoms with Gasteiger partial charge in [-0.1, -0.05) is 12.1 Å². The van der Waals surface area contributed by atoms with E-state index >= 15 is 0 Å². The Morgan fingerprint density at radius 3 is 2.39 bits per heavy atom. The number of hydrogen-bond acceptors (Lipinski definition) is 6. The van der Waals surface area contributed by atoms with Crippen molar-refractivity contribution in [3.63, 3.8) is 0 Å². The average Bonchev–Trinajstić information content (AvgIpc) is 2.68. The Kier molecular flexibility index (Phi) is 7.21. The van der Waals surface area contributed by atoms with Gasteiger partial charge in [-0.05, 0) is 42.3 Å². The molecule has 0 fully saturated rings. The summed E-state index contributed by atoms with van der Waals surface area (Å²) in [4.78, 5) is 34.1. The van der Waals surface area contributed by atoms with Gasteiger partial charge in [0, 0.05) is 12.1 Å². The lowest BCUT2D eigenvalue weighted by Gasteiger charge is -2.12. The number of hydrazone groups is 1. The molecule has 0 aliphatic heterocycles. The van der Waals surface area contributed by atoms with Crippen molar-refractivity contribution in [2.75, 3.05) is 7.11 Å². The largest absolute Gasteiger partial charge is 0.497 e. The fourth-order valence-corrected chi connectivity index (χ4v) is 2.24. The van der Waals surface area contributed by atoms with Gasteiger partial charge in [0.15, 0.2) is 0 Å². The van der Waals surface area contributed by atoms with Crippen molar-refractivity contribution in [1.82, 2.24) is 10.7 Å². The predicted molar refractivity (Wildman–Crippen MR) is 103 cm³/mol. The molecule has 1 atom stereocenters. The van der Waals surface area contributed by atoms with E-state index in [0.29, 0.717) is 11.3 Å². The molecule has 2 aromatic carbocycles. The first-order chi connectivity index (χ1) is 13.4. The molecule has 0 spiro atoms. The van der Waals surface area contributed by atoms with Crippen molar-refractivity contribution in [2.24, 2.45) is 5.10 Å². The molecule has 2 rings (SSSR count). The molecule has 0 heterocycles. The normalized spacial score (nSPS) is 11.6. The highest BCUT2D eigenvalue weighted by atomic mass is 16.6. The lowest BCUT2D eigenvalue weighted by Crippen LogP contribution is -2.43. The molecular formula is C19H20N4O5. The van der Waals surface area contributed by atoms with Crippen LogP contribution in [0.1, 0.15) is 18.1 Å². The highest BCUT2D eigenvalue weighted by Crippen LogP contribution is 2.12. The van der Waals surface area contributed by atoms with E-state index < -0.39 is 16.9 Å². The number of nitrogens with zero attached hydrogens (tertiary/aromatic N) is 2. The first-order valence-corrected chi connectivity index (χ1v) is 8.38. The maximum atomic E-state index is 12.0. The summed E-state index contributed by atoms with van der Waals surface area (Å²) < 4.78 is 5.06. The van der Waals surface area contributed by atoms with Gasteiger partial charge in [0.1, 0.15) is 11.8 Å². The Morgan fingerprint density at radius 2 is 1.82 bits per heavy atom. The standard InChI is InChI=1S/C19H20N4O5/c1-13(21-18(24)11-14-5-9-17(28-2)10-6-14)19(25)22-20-12-15-3-7-16(8-4-15)23(26)27/h3-10,12-13H,11H2,1-2H3,(H,21,24)(H,22,25). The number of nitro groups is 1. The molecule has 9 nitrogen and oxygen atoms in total. The predicted octanol–water partition coefficient (Wildman–Crippen LogP) is 1.80. The highest BCUT2D eigenvalue weighted by Gasteiger charge is 2.15. The molecule has 2 amide bonds. The maximum Gasteiger partial charge on any atom is 0.269 e. The molecule has 28 heavy (non-hydrogen) atoms. The van der Waals surface area contributed by atoms with E-state index in [2.05, 4.69) is 15.8 Å². The molecule has 146 valence electrons. The van der Waals surface area contributed by atoms with Crippen LogP contribution in [0.25, 0.3) is 0 Å². The number of nitrogens with one attached hydrogen (secondary N) is 2. The van der Waals surface area contributed by atoms with Gasteiger partial charge in [-0.2, -0.15) is 5.10 Å². The van der Waals surface area contributed by atoms with Crippen molar-refractivity contribution >= 4 is 23.7 Å². The van der Waals surface area contributed by atoms with Gasteiger partial charge in [-0.25, -0.2) is 5.43 Å². The van der Waals surface area contributed by atoms with Crippen LogP contribution < -0.4 is 15.5 Å². The Bertz CT molecular complexity index is 863. The highest BCUT2D eigenvalue weighted by molar-refractivity contribution is 5.89. The number of ether oxygens (including phenoxy) is 1. The van der Waals surface area contributed by atoms with Gasteiger partial charge in [0.05, 0.1) is 24.7 Å². The van der Waals surface area contributed by atoms with Crippen molar-refractivity contribution in [2.45, 2.75) is 19.4 Å². The Balaban J connectivity index is 1.80. The smallest absolute Gasteiger partial charge is 0.269 e. The first kappa shape index (κ1) is 20.6.